The lowest BCUT2D eigenvalue weighted by Gasteiger charge is -2.34. The summed E-state index contributed by atoms with van der Waals surface area (Å²) in [5, 5.41) is 17.4. The van der Waals surface area contributed by atoms with Crippen molar-refractivity contribution in [2.75, 3.05) is 39.0 Å². The second-order valence-electron chi connectivity index (χ2n) is 7.37. The van der Waals surface area contributed by atoms with Gasteiger partial charge < -0.3 is 9.42 Å². The van der Waals surface area contributed by atoms with Gasteiger partial charge in [0.05, 0.1) is 9.80 Å². The molecular weight excluding hydrogens is 450 g/mol. The number of amides is 1. The Kier molecular flexibility index (Phi) is 7.18. The first kappa shape index (κ1) is 22.4. The summed E-state index contributed by atoms with van der Waals surface area (Å²) in [6, 6.07) is 8.62. The van der Waals surface area contributed by atoms with Crippen LogP contribution >= 0.6 is 23.1 Å². The average molecular weight is 474 g/mol. The van der Waals surface area contributed by atoms with Crippen molar-refractivity contribution in [3.05, 3.63) is 57.3 Å². The van der Waals surface area contributed by atoms with E-state index in [-0.39, 0.29) is 17.2 Å². The quantitative estimate of drug-likeness (QED) is 0.276. The summed E-state index contributed by atoms with van der Waals surface area (Å²) < 4.78 is 5.34. The topological polar surface area (TPSA) is 106 Å². The molecule has 0 radical (unpaired) electrons. The highest BCUT2D eigenvalue weighted by molar-refractivity contribution is 7.98. The number of aromatic nitrogens is 2. The molecule has 9 nitrogen and oxygen atoms in total. The number of hydrogen-bond acceptors (Lipinski definition) is 9. The van der Waals surface area contributed by atoms with Crippen molar-refractivity contribution < 1.29 is 14.2 Å². The van der Waals surface area contributed by atoms with E-state index in [0.29, 0.717) is 31.2 Å². The van der Waals surface area contributed by atoms with Gasteiger partial charge in [-0.25, -0.2) is 0 Å². The maximum atomic E-state index is 13.0. The van der Waals surface area contributed by atoms with Crippen LogP contribution in [0.3, 0.4) is 0 Å². The van der Waals surface area contributed by atoms with Crippen molar-refractivity contribution in [3.8, 4) is 10.7 Å². The number of hydrogen-bond donors (Lipinski definition) is 0. The van der Waals surface area contributed by atoms with Crippen LogP contribution in [0, 0.1) is 10.1 Å². The smallest absolute Gasteiger partial charge is 0.282 e. The van der Waals surface area contributed by atoms with Crippen LogP contribution in [-0.2, 0) is 6.42 Å². The van der Waals surface area contributed by atoms with Crippen LogP contribution in [0.15, 0.2) is 45.1 Å². The van der Waals surface area contributed by atoms with Gasteiger partial charge >= 0.3 is 0 Å². The predicted molar refractivity (Wildman–Crippen MR) is 123 cm³/mol. The van der Waals surface area contributed by atoms with E-state index in [0.717, 1.165) is 35.8 Å². The van der Waals surface area contributed by atoms with Gasteiger partial charge in [0.25, 0.3) is 11.6 Å². The van der Waals surface area contributed by atoms with E-state index in [9.17, 15) is 14.9 Å². The third-order valence-corrected chi connectivity index (χ3v) is 6.96. The van der Waals surface area contributed by atoms with Crippen LogP contribution in [0.4, 0.5) is 5.69 Å². The van der Waals surface area contributed by atoms with Crippen LogP contribution in [0.2, 0.25) is 0 Å². The zero-order valence-corrected chi connectivity index (χ0v) is 19.2. The number of aryl methyl sites for hydroxylation is 1. The normalized spacial score (nSPS) is 14.6. The highest BCUT2D eigenvalue weighted by atomic mass is 32.2. The van der Waals surface area contributed by atoms with Gasteiger partial charge in [-0.3, -0.25) is 19.8 Å². The molecule has 2 aromatic heterocycles. The highest BCUT2D eigenvalue weighted by Gasteiger charge is 2.27. The van der Waals surface area contributed by atoms with Crippen molar-refractivity contribution >= 4 is 34.7 Å². The number of thioether (sulfide) groups is 1. The van der Waals surface area contributed by atoms with Gasteiger partial charge in [0, 0.05) is 43.6 Å². The second-order valence-corrected chi connectivity index (χ2v) is 9.19. The summed E-state index contributed by atoms with van der Waals surface area (Å²) in [5.74, 6) is 0.976. The molecule has 1 aromatic carbocycles. The SMILES string of the molecule is CSc1ccc([N+](=O)[O-])c(C(=O)N2CCN(CCCc3nc(-c4cccs4)no3)CC2)c1. The summed E-state index contributed by atoms with van der Waals surface area (Å²) in [6.45, 7) is 3.41. The largest absolute Gasteiger partial charge is 0.339 e. The Hall–Kier alpha value is -2.76. The number of rotatable bonds is 8. The van der Waals surface area contributed by atoms with E-state index in [1.807, 2.05) is 23.8 Å². The Balaban J connectivity index is 1.27. The number of carbonyl (C=O) groups excluding carboxylic acids is 1. The maximum absolute atomic E-state index is 13.0. The molecule has 168 valence electrons. The zero-order valence-electron chi connectivity index (χ0n) is 17.6. The number of piperazine rings is 1. The molecule has 0 saturated carbocycles. The number of thiophene rings is 1. The minimum absolute atomic E-state index is 0.142. The van der Waals surface area contributed by atoms with Gasteiger partial charge in [-0.1, -0.05) is 11.2 Å². The lowest BCUT2D eigenvalue weighted by Crippen LogP contribution is -2.49. The summed E-state index contributed by atoms with van der Waals surface area (Å²) in [6.07, 6.45) is 3.46. The molecule has 0 atom stereocenters. The lowest BCUT2D eigenvalue weighted by molar-refractivity contribution is -0.385. The molecule has 1 aliphatic heterocycles. The fourth-order valence-corrected chi connectivity index (χ4v) is 4.72. The van der Waals surface area contributed by atoms with Gasteiger partial charge in [-0.05, 0) is 42.8 Å². The van der Waals surface area contributed by atoms with Crippen molar-refractivity contribution in [2.45, 2.75) is 17.7 Å². The molecule has 11 heteroatoms. The fourth-order valence-electron chi connectivity index (χ4n) is 3.63. The van der Waals surface area contributed by atoms with Crippen LogP contribution in [0.25, 0.3) is 10.7 Å². The van der Waals surface area contributed by atoms with Gasteiger partial charge in [0.2, 0.25) is 11.7 Å². The molecule has 4 rings (SSSR count). The Morgan fingerprint density at radius 2 is 2.09 bits per heavy atom. The molecule has 3 heterocycles. The molecule has 3 aromatic rings. The molecule has 0 aliphatic carbocycles. The van der Waals surface area contributed by atoms with E-state index in [2.05, 4.69) is 15.0 Å². The van der Waals surface area contributed by atoms with Crippen LogP contribution in [-0.4, -0.2) is 69.8 Å². The standard InChI is InChI=1S/C21H23N5O4S2/c1-31-15-6-7-17(26(28)29)16(14-15)21(27)25-11-9-24(10-12-25)8-2-5-19-22-20(23-30-19)18-4-3-13-32-18/h3-4,6-7,13-14H,2,5,8-12H2,1H3. The van der Waals surface area contributed by atoms with Crippen molar-refractivity contribution in [3.63, 3.8) is 0 Å². The monoisotopic (exact) mass is 473 g/mol. The molecule has 32 heavy (non-hydrogen) atoms. The van der Waals surface area contributed by atoms with E-state index in [4.69, 9.17) is 4.52 Å². The molecule has 0 unspecified atom stereocenters. The summed E-state index contributed by atoms with van der Waals surface area (Å²) >= 11 is 3.03. The third kappa shape index (κ3) is 5.17. The van der Waals surface area contributed by atoms with Crippen LogP contribution < -0.4 is 0 Å². The van der Waals surface area contributed by atoms with Gasteiger partial charge in [-0.15, -0.1) is 23.1 Å². The lowest BCUT2D eigenvalue weighted by atomic mass is 10.1. The molecular formula is C21H23N5O4S2. The number of nitro benzene ring substituents is 1. The van der Waals surface area contributed by atoms with Crippen molar-refractivity contribution in [1.29, 1.82) is 0 Å². The van der Waals surface area contributed by atoms with Gasteiger partial charge in [0.1, 0.15) is 5.56 Å². The number of benzene rings is 1. The average Bonchev–Trinajstić information content (AvgIpc) is 3.51. The molecule has 1 amide bonds. The fraction of sp³-hybridized carbons (Fsp3) is 0.381. The Morgan fingerprint density at radius 1 is 1.28 bits per heavy atom. The molecule has 1 fully saturated rings. The Bertz CT molecular complexity index is 1080. The predicted octanol–water partition coefficient (Wildman–Crippen LogP) is 3.82. The van der Waals surface area contributed by atoms with E-state index >= 15 is 0 Å². The molecule has 1 saturated heterocycles. The molecule has 1 aliphatic rings. The minimum Gasteiger partial charge on any atom is -0.339 e. The van der Waals surface area contributed by atoms with E-state index < -0.39 is 4.92 Å². The Morgan fingerprint density at radius 3 is 2.78 bits per heavy atom. The number of nitrogens with zero attached hydrogens (tertiary/aromatic N) is 5. The first-order valence-corrected chi connectivity index (χ1v) is 12.4. The maximum Gasteiger partial charge on any atom is 0.282 e. The molecule has 0 N–H and O–H groups in total. The summed E-state index contributed by atoms with van der Waals surface area (Å²) in [4.78, 5) is 34.1. The van der Waals surface area contributed by atoms with E-state index in [1.165, 1.54) is 17.8 Å². The van der Waals surface area contributed by atoms with Gasteiger partial charge in [0.15, 0.2) is 0 Å². The van der Waals surface area contributed by atoms with Crippen LogP contribution in [0.1, 0.15) is 22.7 Å². The summed E-state index contributed by atoms with van der Waals surface area (Å²) in [5.41, 5.74) is 0.0185. The highest BCUT2D eigenvalue weighted by Crippen LogP contribution is 2.26. The first-order chi connectivity index (χ1) is 15.5. The van der Waals surface area contributed by atoms with Crippen molar-refractivity contribution in [1.82, 2.24) is 19.9 Å². The second kappa shape index (κ2) is 10.2. The molecule has 0 spiro atoms. The van der Waals surface area contributed by atoms with Crippen molar-refractivity contribution in [2.24, 2.45) is 0 Å². The first-order valence-electron chi connectivity index (χ1n) is 10.3. The zero-order chi connectivity index (χ0) is 22.5. The van der Waals surface area contributed by atoms with Crippen LogP contribution in [0.5, 0.6) is 0 Å². The molecule has 0 bridgehead atoms. The van der Waals surface area contributed by atoms with E-state index in [1.54, 1.807) is 28.4 Å². The Labute approximate surface area is 193 Å². The number of carbonyl (C=O) groups is 1. The van der Waals surface area contributed by atoms with Gasteiger partial charge in [-0.2, -0.15) is 4.98 Å². The third-order valence-electron chi connectivity index (χ3n) is 5.36. The minimum atomic E-state index is -0.491. The summed E-state index contributed by atoms with van der Waals surface area (Å²) in [7, 11) is 0. The number of nitro groups is 1.